The van der Waals surface area contributed by atoms with Gasteiger partial charge in [0.25, 0.3) is 0 Å². The Hall–Kier alpha value is -0.0800. The SMILES string of the molecule is Cc1cc(S)cc(S)c1C(C)C. The minimum absolute atomic E-state index is 0.534. The molecule has 0 radical (unpaired) electrons. The molecular weight excluding hydrogens is 184 g/mol. The summed E-state index contributed by atoms with van der Waals surface area (Å²) in [7, 11) is 0. The standard InChI is InChI=1S/C10H14S2/c1-6(2)10-7(3)4-8(11)5-9(10)12/h4-6,11-12H,1-3H3. The van der Waals surface area contributed by atoms with Gasteiger partial charge in [0, 0.05) is 9.79 Å². The highest BCUT2D eigenvalue weighted by Gasteiger charge is 2.07. The predicted octanol–water partition coefficient (Wildman–Crippen LogP) is 3.70. The molecule has 0 spiro atoms. The maximum atomic E-state index is 4.43. The quantitative estimate of drug-likeness (QED) is 0.632. The van der Waals surface area contributed by atoms with E-state index in [1.54, 1.807) is 0 Å². The van der Waals surface area contributed by atoms with Crippen LogP contribution in [0.2, 0.25) is 0 Å². The number of hydrogen-bond acceptors (Lipinski definition) is 2. The molecule has 0 aliphatic heterocycles. The molecule has 0 aliphatic carbocycles. The summed E-state index contributed by atoms with van der Waals surface area (Å²) < 4.78 is 0. The Kier molecular flexibility index (Phi) is 3.13. The molecule has 0 heterocycles. The van der Waals surface area contributed by atoms with Gasteiger partial charge in [-0.3, -0.25) is 0 Å². The predicted molar refractivity (Wildman–Crippen MR) is 59.8 cm³/mol. The average Bonchev–Trinajstić information content (AvgIpc) is 1.82. The second-order valence-electron chi connectivity index (χ2n) is 3.35. The second kappa shape index (κ2) is 3.75. The fourth-order valence-electron chi connectivity index (χ4n) is 1.51. The molecule has 1 aromatic carbocycles. The summed E-state index contributed by atoms with van der Waals surface area (Å²) >= 11 is 8.72. The first-order chi connectivity index (χ1) is 5.52. The van der Waals surface area contributed by atoms with Gasteiger partial charge in [-0.2, -0.15) is 0 Å². The Morgan fingerprint density at radius 3 is 2.17 bits per heavy atom. The number of hydrogen-bond donors (Lipinski definition) is 2. The van der Waals surface area contributed by atoms with Crippen molar-refractivity contribution in [1.82, 2.24) is 0 Å². The Morgan fingerprint density at radius 2 is 1.75 bits per heavy atom. The van der Waals surface area contributed by atoms with Crippen LogP contribution in [0.5, 0.6) is 0 Å². The third-order valence-electron chi connectivity index (χ3n) is 1.93. The van der Waals surface area contributed by atoms with Gasteiger partial charge >= 0.3 is 0 Å². The lowest BCUT2D eigenvalue weighted by Gasteiger charge is -2.13. The maximum Gasteiger partial charge on any atom is 0.00883 e. The first kappa shape index (κ1) is 10.0. The van der Waals surface area contributed by atoms with Gasteiger partial charge in [-0.1, -0.05) is 13.8 Å². The van der Waals surface area contributed by atoms with E-state index in [2.05, 4.69) is 52.1 Å². The molecular formula is C10H14S2. The van der Waals surface area contributed by atoms with E-state index in [1.165, 1.54) is 11.1 Å². The zero-order valence-electron chi connectivity index (χ0n) is 7.63. The summed E-state index contributed by atoms with van der Waals surface area (Å²) in [5.41, 5.74) is 2.61. The minimum Gasteiger partial charge on any atom is -0.143 e. The Balaban J connectivity index is 3.28. The van der Waals surface area contributed by atoms with Gasteiger partial charge in [-0.05, 0) is 36.1 Å². The minimum atomic E-state index is 0.534. The van der Waals surface area contributed by atoms with Gasteiger partial charge in [0.1, 0.15) is 0 Å². The molecule has 12 heavy (non-hydrogen) atoms. The summed E-state index contributed by atoms with van der Waals surface area (Å²) in [6.07, 6.45) is 0. The Labute approximate surface area is 85.2 Å². The van der Waals surface area contributed by atoms with E-state index in [0.29, 0.717) is 5.92 Å². The van der Waals surface area contributed by atoms with E-state index < -0.39 is 0 Å². The van der Waals surface area contributed by atoms with Crippen LogP contribution in [-0.4, -0.2) is 0 Å². The summed E-state index contributed by atoms with van der Waals surface area (Å²) in [6.45, 7) is 6.47. The van der Waals surface area contributed by atoms with Crippen molar-refractivity contribution in [2.24, 2.45) is 0 Å². The molecule has 0 aliphatic rings. The molecule has 1 rings (SSSR count). The lowest BCUT2D eigenvalue weighted by atomic mass is 9.98. The molecule has 1 aromatic rings. The molecule has 0 fully saturated rings. The van der Waals surface area contributed by atoms with Crippen molar-refractivity contribution in [2.75, 3.05) is 0 Å². The molecule has 0 nitrogen and oxygen atoms in total. The Morgan fingerprint density at radius 1 is 1.17 bits per heavy atom. The number of rotatable bonds is 1. The topological polar surface area (TPSA) is 0 Å². The highest BCUT2D eigenvalue weighted by molar-refractivity contribution is 7.81. The van der Waals surface area contributed by atoms with Gasteiger partial charge in [0.15, 0.2) is 0 Å². The van der Waals surface area contributed by atoms with Crippen molar-refractivity contribution in [3.63, 3.8) is 0 Å². The lowest BCUT2D eigenvalue weighted by molar-refractivity contribution is 0.828. The van der Waals surface area contributed by atoms with Crippen molar-refractivity contribution < 1.29 is 0 Å². The number of aryl methyl sites for hydroxylation is 1. The van der Waals surface area contributed by atoms with E-state index in [4.69, 9.17) is 0 Å². The average molecular weight is 198 g/mol. The van der Waals surface area contributed by atoms with Crippen molar-refractivity contribution in [2.45, 2.75) is 36.5 Å². The van der Waals surface area contributed by atoms with Crippen LogP contribution in [0.15, 0.2) is 21.9 Å². The van der Waals surface area contributed by atoms with E-state index in [0.717, 1.165) is 9.79 Å². The fraction of sp³-hybridized carbons (Fsp3) is 0.400. The third kappa shape index (κ3) is 1.99. The summed E-state index contributed by atoms with van der Waals surface area (Å²) in [5.74, 6) is 0.534. The van der Waals surface area contributed by atoms with Crippen molar-refractivity contribution >= 4 is 25.3 Å². The largest absolute Gasteiger partial charge is 0.143 e. The molecule has 0 aromatic heterocycles. The number of thiol groups is 2. The molecule has 0 unspecified atom stereocenters. The lowest BCUT2D eigenvalue weighted by Crippen LogP contribution is -1.93. The zero-order valence-corrected chi connectivity index (χ0v) is 9.42. The summed E-state index contributed by atoms with van der Waals surface area (Å²) in [5, 5.41) is 0. The smallest absolute Gasteiger partial charge is 0.00883 e. The van der Waals surface area contributed by atoms with Crippen LogP contribution in [0.25, 0.3) is 0 Å². The molecule has 0 amide bonds. The molecule has 2 heteroatoms. The van der Waals surface area contributed by atoms with Crippen LogP contribution < -0.4 is 0 Å². The molecule has 66 valence electrons. The number of benzene rings is 1. The van der Waals surface area contributed by atoms with Crippen LogP contribution in [0.4, 0.5) is 0 Å². The molecule has 0 saturated carbocycles. The first-order valence-corrected chi connectivity index (χ1v) is 4.94. The van der Waals surface area contributed by atoms with E-state index in [-0.39, 0.29) is 0 Å². The van der Waals surface area contributed by atoms with Gasteiger partial charge in [-0.15, -0.1) is 25.3 Å². The van der Waals surface area contributed by atoms with Crippen molar-refractivity contribution in [1.29, 1.82) is 0 Å². The Bertz CT molecular complexity index is 267. The van der Waals surface area contributed by atoms with Crippen LogP contribution in [0.1, 0.15) is 30.9 Å². The van der Waals surface area contributed by atoms with Gasteiger partial charge in [0.2, 0.25) is 0 Å². The third-order valence-corrected chi connectivity index (χ3v) is 2.56. The second-order valence-corrected chi connectivity index (χ2v) is 4.35. The van der Waals surface area contributed by atoms with E-state index in [1.807, 2.05) is 6.07 Å². The van der Waals surface area contributed by atoms with E-state index >= 15 is 0 Å². The van der Waals surface area contributed by atoms with Crippen LogP contribution >= 0.6 is 25.3 Å². The van der Waals surface area contributed by atoms with Crippen LogP contribution in [0, 0.1) is 6.92 Å². The maximum absolute atomic E-state index is 4.43. The van der Waals surface area contributed by atoms with Gasteiger partial charge < -0.3 is 0 Å². The highest BCUT2D eigenvalue weighted by atomic mass is 32.1. The monoisotopic (exact) mass is 198 g/mol. The van der Waals surface area contributed by atoms with Crippen molar-refractivity contribution in [3.8, 4) is 0 Å². The molecule has 0 atom stereocenters. The van der Waals surface area contributed by atoms with E-state index in [9.17, 15) is 0 Å². The highest BCUT2D eigenvalue weighted by Crippen LogP contribution is 2.28. The normalized spacial score (nSPS) is 10.8. The van der Waals surface area contributed by atoms with Crippen molar-refractivity contribution in [3.05, 3.63) is 23.3 Å². The molecule has 0 bridgehead atoms. The van der Waals surface area contributed by atoms with Gasteiger partial charge in [-0.25, -0.2) is 0 Å². The van der Waals surface area contributed by atoms with Gasteiger partial charge in [0.05, 0.1) is 0 Å². The van der Waals surface area contributed by atoms with Crippen LogP contribution in [-0.2, 0) is 0 Å². The summed E-state index contributed by atoms with van der Waals surface area (Å²) in [6, 6.07) is 4.08. The fourth-order valence-corrected chi connectivity index (χ4v) is 2.51. The first-order valence-electron chi connectivity index (χ1n) is 4.05. The summed E-state index contributed by atoms with van der Waals surface area (Å²) in [4.78, 5) is 2.04. The molecule has 0 N–H and O–H groups in total. The zero-order chi connectivity index (χ0) is 9.30. The van der Waals surface area contributed by atoms with Crippen LogP contribution in [0.3, 0.4) is 0 Å². The molecule has 0 saturated heterocycles.